The lowest BCUT2D eigenvalue weighted by Gasteiger charge is -2.33. The molecular weight excluding hydrogens is 303 g/mol. The highest BCUT2D eigenvalue weighted by Crippen LogP contribution is 2.26. The predicted octanol–water partition coefficient (Wildman–Crippen LogP) is 3.61. The number of piperidine rings is 1. The molecule has 24 heavy (non-hydrogen) atoms. The van der Waals surface area contributed by atoms with Crippen molar-refractivity contribution >= 4 is 12.0 Å². The van der Waals surface area contributed by atoms with Crippen LogP contribution in [0, 0.1) is 11.7 Å². The Labute approximate surface area is 143 Å². The van der Waals surface area contributed by atoms with Gasteiger partial charge in [0.2, 0.25) is 5.91 Å². The molecule has 0 aromatic heterocycles. The van der Waals surface area contributed by atoms with Gasteiger partial charge >= 0.3 is 0 Å². The number of hydrogen-bond acceptors (Lipinski definition) is 2. The van der Waals surface area contributed by atoms with E-state index in [0.29, 0.717) is 5.56 Å². The molecule has 1 saturated heterocycles. The Kier molecular flexibility index (Phi) is 6.02. The van der Waals surface area contributed by atoms with E-state index in [2.05, 4.69) is 10.2 Å². The van der Waals surface area contributed by atoms with Crippen molar-refractivity contribution in [1.82, 2.24) is 10.2 Å². The number of carbonyl (C=O) groups is 1. The lowest BCUT2D eigenvalue weighted by molar-refractivity contribution is -0.117. The summed E-state index contributed by atoms with van der Waals surface area (Å²) >= 11 is 0. The Hall–Kier alpha value is -1.68. The average molecular weight is 330 g/mol. The maximum absolute atomic E-state index is 13.1. The Morgan fingerprint density at radius 1 is 1.21 bits per heavy atom. The number of rotatable bonds is 5. The van der Waals surface area contributed by atoms with Gasteiger partial charge < -0.3 is 10.2 Å². The summed E-state index contributed by atoms with van der Waals surface area (Å²) in [6, 6.07) is 6.51. The van der Waals surface area contributed by atoms with Crippen LogP contribution < -0.4 is 5.32 Å². The van der Waals surface area contributed by atoms with Crippen molar-refractivity contribution < 1.29 is 9.18 Å². The summed E-state index contributed by atoms with van der Waals surface area (Å²) in [7, 11) is 0. The maximum atomic E-state index is 13.1. The van der Waals surface area contributed by atoms with Gasteiger partial charge in [0.05, 0.1) is 0 Å². The molecule has 1 heterocycles. The molecule has 2 fully saturated rings. The number of nitrogens with one attached hydrogen (secondary N) is 1. The second-order valence-electron chi connectivity index (χ2n) is 7.12. The van der Waals surface area contributed by atoms with E-state index in [1.807, 2.05) is 0 Å². The third-order valence-corrected chi connectivity index (χ3v) is 5.20. The summed E-state index contributed by atoms with van der Waals surface area (Å²) in [5.74, 6) is 0.519. The fourth-order valence-corrected chi connectivity index (χ4v) is 3.85. The van der Waals surface area contributed by atoms with Crippen molar-refractivity contribution in [1.29, 1.82) is 0 Å². The zero-order valence-electron chi connectivity index (χ0n) is 14.2. The normalized spacial score (nSPS) is 20.7. The summed E-state index contributed by atoms with van der Waals surface area (Å²) in [4.78, 5) is 14.6. The Bertz CT molecular complexity index is 573. The first-order valence-corrected chi connectivity index (χ1v) is 9.15. The van der Waals surface area contributed by atoms with Crippen molar-refractivity contribution in [3.05, 3.63) is 41.7 Å². The molecule has 0 spiro atoms. The largest absolute Gasteiger partial charge is 0.350 e. The van der Waals surface area contributed by atoms with Crippen LogP contribution in [-0.2, 0) is 4.79 Å². The van der Waals surface area contributed by atoms with Gasteiger partial charge in [0.1, 0.15) is 5.82 Å². The molecule has 1 aliphatic carbocycles. The van der Waals surface area contributed by atoms with Gasteiger partial charge in [-0.1, -0.05) is 25.0 Å². The first-order chi connectivity index (χ1) is 11.7. The van der Waals surface area contributed by atoms with Gasteiger partial charge in [0, 0.05) is 31.8 Å². The van der Waals surface area contributed by atoms with Crippen molar-refractivity contribution in [2.24, 2.45) is 5.92 Å². The second-order valence-corrected chi connectivity index (χ2v) is 7.12. The predicted molar refractivity (Wildman–Crippen MR) is 95.0 cm³/mol. The molecule has 1 amide bonds. The van der Waals surface area contributed by atoms with Gasteiger partial charge in [0.15, 0.2) is 0 Å². The van der Waals surface area contributed by atoms with E-state index in [0.717, 1.165) is 31.8 Å². The minimum atomic E-state index is -0.285. The van der Waals surface area contributed by atoms with Gasteiger partial charge in [0.25, 0.3) is 0 Å². The lowest BCUT2D eigenvalue weighted by atomic mass is 10.0. The van der Waals surface area contributed by atoms with Crippen LogP contribution in [0.1, 0.15) is 44.1 Å². The molecular formula is C20H27FN2O. The third-order valence-electron chi connectivity index (χ3n) is 5.20. The quantitative estimate of drug-likeness (QED) is 0.837. The first-order valence-electron chi connectivity index (χ1n) is 9.15. The molecule has 3 nitrogen and oxygen atoms in total. The van der Waals surface area contributed by atoms with Crippen LogP contribution in [-0.4, -0.2) is 36.5 Å². The molecule has 1 aromatic rings. The van der Waals surface area contributed by atoms with Crippen LogP contribution in [0.3, 0.4) is 0 Å². The van der Waals surface area contributed by atoms with Crippen LogP contribution >= 0.6 is 0 Å². The highest BCUT2D eigenvalue weighted by molar-refractivity contribution is 5.91. The van der Waals surface area contributed by atoms with Crippen LogP contribution in [0.25, 0.3) is 6.08 Å². The van der Waals surface area contributed by atoms with Crippen LogP contribution in [0.15, 0.2) is 30.3 Å². The number of benzene rings is 1. The molecule has 0 bridgehead atoms. The average Bonchev–Trinajstić information content (AvgIpc) is 3.08. The molecule has 0 atom stereocenters. The zero-order chi connectivity index (χ0) is 16.8. The number of carbonyl (C=O) groups excluding carboxylic acids is 1. The fraction of sp³-hybridized carbons (Fsp3) is 0.550. The second kappa shape index (κ2) is 8.43. The number of amides is 1. The molecule has 1 saturated carbocycles. The lowest BCUT2D eigenvalue weighted by Crippen LogP contribution is -2.45. The molecule has 130 valence electrons. The Balaban J connectivity index is 1.39. The van der Waals surface area contributed by atoms with Crippen molar-refractivity contribution in [3.63, 3.8) is 0 Å². The molecule has 2 aliphatic rings. The van der Waals surface area contributed by atoms with E-state index in [1.54, 1.807) is 18.2 Å². The van der Waals surface area contributed by atoms with Crippen LogP contribution in [0.5, 0.6) is 0 Å². The minimum absolute atomic E-state index is 0.0893. The number of likely N-dealkylation sites (tertiary alicyclic amines) is 1. The Morgan fingerprint density at radius 2 is 1.96 bits per heavy atom. The molecule has 1 aliphatic heterocycles. The number of hydrogen-bond donors (Lipinski definition) is 1. The van der Waals surface area contributed by atoms with E-state index >= 15 is 0 Å². The van der Waals surface area contributed by atoms with Gasteiger partial charge in [-0.15, -0.1) is 0 Å². The monoisotopic (exact) mass is 330 g/mol. The summed E-state index contributed by atoms with van der Waals surface area (Å²) in [5.41, 5.74) is 0.705. The summed E-state index contributed by atoms with van der Waals surface area (Å²) in [6.45, 7) is 3.39. The molecule has 4 heteroatoms. The fourth-order valence-electron chi connectivity index (χ4n) is 3.85. The highest BCUT2D eigenvalue weighted by Gasteiger charge is 2.23. The van der Waals surface area contributed by atoms with E-state index < -0.39 is 0 Å². The molecule has 0 unspecified atom stereocenters. The zero-order valence-corrected chi connectivity index (χ0v) is 14.2. The molecule has 3 rings (SSSR count). The maximum Gasteiger partial charge on any atom is 0.244 e. The van der Waals surface area contributed by atoms with Gasteiger partial charge in [-0.2, -0.15) is 0 Å². The smallest absolute Gasteiger partial charge is 0.244 e. The van der Waals surface area contributed by atoms with Crippen LogP contribution in [0.2, 0.25) is 0 Å². The topological polar surface area (TPSA) is 32.3 Å². The molecule has 1 aromatic carbocycles. The van der Waals surface area contributed by atoms with E-state index in [1.165, 1.54) is 50.4 Å². The van der Waals surface area contributed by atoms with Gasteiger partial charge in [-0.25, -0.2) is 4.39 Å². The number of halogens is 1. The third kappa shape index (κ3) is 5.17. The standard InChI is InChI=1S/C20H27FN2O/c21-18-7-3-6-16(14-18)8-9-20(24)22-19-10-12-23(13-11-19)15-17-4-1-2-5-17/h3,6-9,14,17,19H,1-2,4-5,10-13,15H2,(H,22,24)/b9-8+. The van der Waals surface area contributed by atoms with E-state index in [-0.39, 0.29) is 17.8 Å². The van der Waals surface area contributed by atoms with E-state index in [9.17, 15) is 9.18 Å². The summed E-state index contributed by atoms with van der Waals surface area (Å²) in [6.07, 6.45) is 10.8. The molecule has 1 N–H and O–H groups in total. The SMILES string of the molecule is O=C(/C=C/c1cccc(F)c1)NC1CCN(CC2CCCC2)CC1. The van der Waals surface area contributed by atoms with Gasteiger partial charge in [-0.05, 0) is 55.4 Å². The van der Waals surface area contributed by atoms with Crippen molar-refractivity contribution in [3.8, 4) is 0 Å². The Morgan fingerprint density at radius 3 is 2.67 bits per heavy atom. The molecule has 0 radical (unpaired) electrons. The minimum Gasteiger partial charge on any atom is -0.350 e. The van der Waals surface area contributed by atoms with E-state index in [4.69, 9.17) is 0 Å². The van der Waals surface area contributed by atoms with Crippen molar-refractivity contribution in [2.45, 2.75) is 44.6 Å². The van der Waals surface area contributed by atoms with Gasteiger partial charge in [-0.3, -0.25) is 4.79 Å². The first kappa shape index (κ1) is 17.2. The van der Waals surface area contributed by atoms with Crippen LogP contribution in [0.4, 0.5) is 4.39 Å². The highest BCUT2D eigenvalue weighted by atomic mass is 19.1. The summed E-state index contributed by atoms with van der Waals surface area (Å²) < 4.78 is 13.1. The summed E-state index contributed by atoms with van der Waals surface area (Å²) in [5, 5.41) is 3.07. The number of nitrogens with zero attached hydrogens (tertiary/aromatic N) is 1. The van der Waals surface area contributed by atoms with Crippen molar-refractivity contribution in [2.75, 3.05) is 19.6 Å².